The van der Waals surface area contributed by atoms with Crippen molar-refractivity contribution < 1.29 is 14.4 Å². The van der Waals surface area contributed by atoms with Crippen LogP contribution in [0.15, 0.2) is 9.90 Å². The van der Waals surface area contributed by atoms with Gasteiger partial charge in [0.05, 0.1) is 35.0 Å². The van der Waals surface area contributed by atoms with Gasteiger partial charge in [-0.2, -0.15) is 0 Å². The number of thiazole rings is 1. The van der Waals surface area contributed by atoms with E-state index in [1.807, 2.05) is 26.2 Å². The maximum Gasteiger partial charge on any atom is 0.226 e. The molecule has 0 saturated carbocycles. The lowest BCUT2D eigenvalue weighted by Crippen LogP contribution is -2.54. The summed E-state index contributed by atoms with van der Waals surface area (Å²) in [6.07, 6.45) is 0.387. The highest BCUT2D eigenvalue weighted by molar-refractivity contribution is 7.09. The van der Waals surface area contributed by atoms with Gasteiger partial charge in [-0.3, -0.25) is 9.69 Å². The molecule has 0 bridgehead atoms. The minimum absolute atomic E-state index is 0.0893. The molecule has 7 nitrogen and oxygen atoms in total. The van der Waals surface area contributed by atoms with Crippen LogP contribution in [0.25, 0.3) is 0 Å². The Hall–Kier alpha value is -1.77. The third kappa shape index (κ3) is 4.45. The smallest absolute Gasteiger partial charge is 0.226 e. The van der Waals surface area contributed by atoms with Crippen molar-refractivity contribution in [1.29, 1.82) is 0 Å². The molecule has 1 aliphatic rings. The zero-order valence-corrected chi connectivity index (χ0v) is 15.6. The van der Waals surface area contributed by atoms with E-state index >= 15 is 0 Å². The van der Waals surface area contributed by atoms with Crippen LogP contribution in [0.4, 0.5) is 0 Å². The molecule has 0 radical (unpaired) electrons. The molecule has 8 heteroatoms. The number of likely N-dealkylation sites (tertiary alicyclic amines) is 1. The van der Waals surface area contributed by atoms with Crippen molar-refractivity contribution in [2.75, 3.05) is 13.1 Å². The van der Waals surface area contributed by atoms with E-state index in [2.05, 4.69) is 20.4 Å². The summed E-state index contributed by atoms with van der Waals surface area (Å²) >= 11 is 1.54. The second-order valence-electron chi connectivity index (χ2n) is 6.60. The van der Waals surface area contributed by atoms with Crippen LogP contribution in [0.3, 0.4) is 0 Å². The molecule has 1 amide bonds. The third-order valence-corrected chi connectivity index (χ3v) is 5.41. The fourth-order valence-corrected chi connectivity index (χ4v) is 3.78. The lowest BCUT2D eigenvalue weighted by Gasteiger charge is -2.36. The van der Waals surface area contributed by atoms with Crippen molar-refractivity contribution in [2.24, 2.45) is 0 Å². The molecule has 1 aliphatic heterocycles. The maximum atomic E-state index is 12.2. The quantitative estimate of drug-likeness (QED) is 0.832. The van der Waals surface area contributed by atoms with Crippen LogP contribution in [0.2, 0.25) is 0 Å². The molecule has 0 aromatic carbocycles. The van der Waals surface area contributed by atoms with Gasteiger partial charge in [-0.25, -0.2) is 4.98 Å². The summed E-state index contributed by atoms with van der Waals surface area (Å²) in [5, 5.41) is 20.2. The van der Waals surface area contributed by atoms with Crippen molar-refractivity contribution in [3.8, 4) is 0 Å². The van der Waals surface area contributed by atoms with Crippen molar-refractivity contribution in [2.45, 2.75) is 52.3 Å². The van der Waals surface area contributed by atoms with Crippen molar-refractivity contribution in [3.63, 3.8) is 0 Å². The number of hydrogen-bond donors (Lipinski definition) is 2. The van der Waals surface area contributed by atoms with Gasteiger partial charge in [0.25, 0.3) is 0 Å². The molecular weight excluding hydrogens is 340 g/mol. The number of aliphatic hydroxyl groups excluding tert-OH is 1. The van der Waals surface area contributed by atoms with Gasteiger partial charge in [-0.15, -0.1) is 11.3 Å². The van der Waals surface area contributed by atoms with Gasteiger partial charge in [0.2, 0.25) is 5.91 Å². The third-order valence-electron chi connectivity index (χ3n) is 4.58. The first kappa shape index (κ1) is 18.0. The fourth-order valence-electron chi connectivity index (χ4n) is 3.17. The van der Waals surface area contributed by atoms with E-state index in [9.17, 15) is 9.90 Å². The molecule has 2 aromatic rings. The minimum atomic E-state index is -0.588. The number of rotatable bonds is 5. The van der Waals surface area contributed by atoms with Crippen molar-refractivity contribution in [3.05, 3.63) is 33.1 Å². The number of nitrogens with zero attached hydrogens (tertiary/aromatic N) is 3. The largest absolute Gasteiger partial charge is 0.390 e. The Labute approximate surface area is 151 Å². The zero-order valence-electron chi connectivity index (χ0n) is 14.8. The molecule has 136 valence electrons. The van der Waals surface area contributed by atoms with Gasteiger partial charge >= 0.3 is 0 Å². The summed E-state index contributed by atoms with van der Waals surface area (Å²) in [7, 11) is 0. The molecule has 1 saturated heterocycles. The summed E-state index contributed by atoms with van der Waals surface area (Å²) in [6, 6.07) is -0.215. The Morgan fingerprint density at radius 1 is 1.48 bits per heavy atom. The van der Waals surface area contributed by atoms with Gasteiger partial charge in [0, 0.05) is 30.6 Å². The standard InChI is InChI=1S/C17H24N4O3S/c1-10-14(11(2)24-20-10)7-21-5-4-15(16(22)8-21)19-17(23)6-13-9-25-12(3)18-13/h9,15-16,22H,4-8H2,1-3H3,(H,19,23). The molecular formula is C17H24N4O3S. The lowest BCUT2D eigenvalue weighted by atomic mass is 10.0. The van der Waals surface area contributed by atoms with Crippen LogP contribution in [0.5, 0.6) is 0 Å². The number of nitrogens with one attached hydrogen (secondary N) is 1. The van der Waals surface area contributed by atoms with Crippen LogP contribution in [0.1, 0.15) is 34.1 Å². The van der Waals surface area contributed by atoms with Gasteiger partial charge < -0.3 is 14.9 Å². The van der Waals surface area contributed by atoms with Gasteiger partial charge in [0.15, 0.2) is 0 Å². The first-order chi connectivity index (χ1) is 11.9. The Balaban J connectivity index is 1.50. The number of amides is 1. The lowest BCUT2D eigenvalue weighted by molar-refractivity contribution is -0.122. The molecule has 0 spiro atoms. The van der Waals surface area contributed by atoms with Crippen LogP contribution < -0.4 is 5.32 Å². The van der Waals surface area contributed by atoms with E-state index in [1.165, 1.54) is 11.3 Å². The Kier molecular flexibility index (Phi) is 5.51. The molecule has 3 heterocycles. The maximum absolute atomic E-state index is 12.2. The van der Waals surface area contributed by atoms with Crippen LogP contribution in [-0.4, -0.2) is 51.3 Å². The van der Waals surface area contributed by atoms with E-state index < -0.39 is 6.10 Å². The summed E-state index contributed by atoms with van der Waals surface area (Å²) in [6.45, 7) is 7.78. The van der Waals surface area contributed by atoms with Gasteiger partial charge in [0.1, 0.15) is 5.76 Å². The van der Waals surface area contributed by atoms with E-state index in [4.69, 9.17) is 4.52 Å². The second kappa shape index (κ2) is 7.63. The number of aryl methyl sites for hydroxylation is 3. The number of carbonyl (C=O) groups excluding carboxylic acids is 1. The van der Waals surface area contributed by atoms with Crippen molar-refractivity contribution in [1.82, 2.24) is 20.4 Å². The topological polar surface area (TPSA) is 91.5 Å². The molecule has 25 heavy (non-hydrogen) atoms. The average Bonchev–Trinajstić information content (AvgIpc) is 3.10. The van der Waals surface area contributed by atoms with Crippen LogP contribution in [0, 0.1) is 20.8 Å². The first-order valence-corrected chi connectivity index (χ1v) is 9.33. The number of carbonyl (C=O) groups is 1. The van der Waals surface area contributed by atoms with Gasteiger partial charge in [-0.05, 0) is 27.2 Å². The number of β-amino-alcohol motifs (C(OH)–C–C–N with tert-alkyl or cyclic N) is 1. The predicted octanol–water partition coefficient (Wildman–Crippen LogP) is 1.35. The predicted molar refractivity (Wildman–Crippen MR) is 94.4 cm³/mol. The highest BCUT2D eigenvalue weighted by atomic mass is 32.1. The Bertz CT molecular complexity index is 723. The molecule has 2 unspecified atom stereocenters. The summed E-state index contributed by atoms with van der Waals surface area (Å²) < 4.78 is 5.19. The summed E-state index contributed by atoms with van der Waals surface area (Å²) in [5.41, 5.74) is 2.75. The molecule has 2 aromatic heterocycles. The fraction of sp³-hybridized carbons (Fsp3) is 0.588. The summed E-state index contributed by atoms with van der Waals surface area (Å²) in [4.78, 5) is 18.6. The van der Waals surface area contributed by atoms with E-state index in [1.54, 1.807) is 0 Å². The van der Waals surface area contributed by atoms with Crippen LogP contribution in [-0.2, 0) is 17.8 Å². The van der Waals surface area contributed by atoms with E-state index in [-0.39, 0.29) is 18.4 Å². The van der Waals surface area contributed by atoms with E-state index in [0.29, 0.717) is 19.5 Å². The van der Waals surface area contributed by atoms with Crippen molar-refractivity contribution >= 4 is 17.2 Å². The number of piperidine rings is 1. The average molecular weight is 364 g/mol. The Morgan fingerprint density at radius 2 is 2.28 bits per heavy atom. The van der Waals surface area contributed by atoms with Crippen LogP contribution >= 0.6 is 11.3 Å². The van der Waals surface area contributed by atoms with Gasteiger partial charge in [-0.1, -0.05) is 5.16 Å². The van der Waals surface area contributed by atoms with E-state index in [0.717, 1.165) is 34.3 Å². The number of aliphatic hydroxyl groups is 1. The summed E-state index contributed by atoms with van der Waals surface area (Å²) in [5.74, 6) is 0.731. The highest BCUT2D eigenvalue weighted by Gasteiger charge is 2.29. The number of aromatic nitrogens is 2. The molecule has 2 N–H and O–H groups in total. The zero-order chi connectivity index (χ0) is 18.0. The molecule has 0 aliphatic carbocycles. The minimum Gasteiger partial charge on any atom is -0.390 e. The SMILES string of the molecule is Cc1nc(CC(=O)NC2CCN(Cc3c(C)noc3C)CC2O)cs1. The highest BCUT2D eigenvalue weighted by Crippen LogP contribution is 2.19. The Morgan fingerprint density at radius 3 is 2.88 bits per heavy atom. The second-order valence-corrected chi connectivity index (χ2v) is 7.66. The molecule has 3 rings (SSSR count). The first-order valence-electron chi connectivity index (χ1n) is 8.45. The monoisotopic (exact) mass is 364 g/mol. The number of hydrogen-bond acceptors (Lipinski definition) is 7. The normalized spacial score (nSPS) is 21.4. The molecule has 1 fully saturated rings. The molecule has 2 atom stereocenters.